The molecule has 152 valence electrons. The molecule has 0 unspecified atom stereocenters. The largest absolute Gasteiger partial charge is 0.496 e. The van der Waals surface area contributed by atoms with Gasteiger partial charge in [0.15, 0.2) is 5.78 Å². The molecule has 0 atom stereocenters. The van der Waals surface area contributed by atoms with Gasteiger partial charge in [-0.15, -0.1) is 11.8 Å². The molecule has 3 aromatic carbocycles. The highest BCUT2D eigenvalue weighted by Gasteiger charge is 2.16. The fourth-order valence-corrected chi connectivity index (χ4v) is 3.82. The van der Waals surface area contributed by atoms with Crippen LogP contribution in [-0.4, -0.2) is 17.8 Å². The van der Waals surface area contributed by atoms with Crippen molar-refractivity contribution >= 4 is 40.9 Å². The van der Waals surface area contributed by atoms with Crippen LogP contribution in [0.1, 0.15) is 21.5 Å². The maximum Gasteiger partial charge on any atom is 0.269 e. The van der Waals surface area contributed by atoms with E-state index in [0.717, 1.165) is 11.1 Å². The van der Waals surface area contributed by atoms with Gasteiger partial charge in [-0.2, -0.15) is 0 Å². The number of hydrogen-bond acceptors (Lipinski definition) is 5. The highest BCUT2D eigenvalue weighted by molar-refractivity contribution is 8.03. The summed E-state index contributed by atoms with van der Waals surface area (Å²) in [6, 6.07) is 20.4. The number of halogens is 1. The highest BCUT2D eigenvalue weighted by Crippen LogP contribution is 2.30. The Bertz CT molecular complexity index is 1080. The normalized spacial score (nSPS) is 11.2. The molecule has 0 bridgehead atoms. The summed E-state index contributed by atoms with van der Waals surface area (Å²) < 4.78 is 5.39. The van der Waals surface area contributed by atoms with Crippen molar-refractivity contribution in [3.63, 3.8) is 0 Å². The number of benzene rings is 3. The molecule has 0 fully saturated rings. The van der Waals surface area contributed by atoms with E-state index in [2.05, 4.69) is 0 Å². The van der Waals surface area contributed by atoms with Crippen molar-refractivity contribution in [1.29, 1.82) is 0 Å². The molecule has 0 aromatic heterocycles. The van der Waals surface area contributed by atoms with E-state index in [4.69, 9.17) is 16.3 Å². The standard InChI is InChI=1S/C23H18ClNO4S/c1-29-21-5-3-2-4-18(21)14-22(30-15-16-6-10-19(24)11-7-16)23(26)17-8-12-20(13-9-17)25(27)28/h2-14H,15H2,1H3/b22-14+. The van der Waals surface area contributed by atoms with Crippen LogP contribution in [-0.2, 0) is 5.75 Å². The van der Waals surface area contributed by atoms with Gasteiger partial charge in [0.1, 0.15) is 5.75 Å². The minimum absolute atomic E-state index is 0.0596. The molecule has 0 aliphatic carbocycles. The monoisotopic (exact) mass is 439 g/mol. The lowest BCUT2D eigenvalue weighted by Gasteiger charge is -2.10. The van der Waals surface area contributed by atoms with Gasteiger partial charge in [0, 0.05) is 34.0 Å². The first kappa shape index (κ1) is 21.6. The molecule has 30 heavy (non-hydrogen) atoms. The summed E-state index contributed by atoms with van der Waals surface area (Å²) in [6.45, 7) is 0. The molecule has 7 heteroatoms. The number of Topliss-reactive ketones (excluding diaryl/α,β-unsaturated/α-hetero) is 1. The molecule has 0 aliphatic rings. The first-order chi connectivity index (χ1) is 14.5. The van der Waals surface area contributed by atoms with Gasteiger partial charge in [-0.05, 0) is 42.0 Å². The number of carbonyl (C=O) groups excluding carboxylic acids is 1. The summed E-state index contributed by atoms with van der Waals surface area (Å²) in [5, 5.41) is 11.5. The van der Waals surface area contributed by atoms with Gasteiger partial charge in [0.2, 0.25) is 0 Å². The fourth-order valence-electron chi connectivity index (χ4n) is 2.72. The number of nitro benzene ring substituents is 1. The molecule has 0 saturated carbocycles. The van der Waals surface area contributed by atoms with Crippen LogP contribution in [0.4, 0.5) is 5.69 Å². The van der Waals surface area contributed by atoms with Gasteiger partial charge < -0.3 is 4.74 Å². The lowest BCUT2D eigenvalue weighted by molar-refractivity contribution is -0.384. The van der Waals surface area contributed by atoms with Gasteiger partial charge in [0.05, 0.1) is 16.9 Å². The minimum Gasteiger partial charge on any atom is -0.496 e. The number of methoxy groups -OCH3 is 1. The summed E-state index contributed by atoms with van der Waals surface area (Å²) >= 11 is 7.33. The van der Waals surface area contributed by atoms with Crippen molar-refractivity contribution in [2.75, 3.05) is 7.11 Å². The first-order valence-electron chi connectivity index (χ1n) is 8.99. The first-order valence-corrected chi connectivity index (χ1v) is 10.4. The van der Waals surface area contributed by atoms with E-state index in [-0.39, 0.29) is 11.5 Å². The van der Waals surface area contributed by atoms with Crippen molar-refractivity contribution in [3.8, 4) is 5.75 Å². The van der Waals surface area contributed by atoms with Gasteiger partial charge in [-0.25, -0.2) is 0 Å². The number of nitro groups is 1. The number of carbonyl (C=O) groups is 1. The third-order valence-corrected chi connectivity index (χ3v) is 5.64. The van der Waals surface area contributed by atoms with Crippen LogP contribution in [0.25, 0.3) is 6.08 Å². The van der Waals surface area contributed by atoms with Gasteiger partial charge >= 0.3 is 0 Å². The molecule has 3 rings (SSSR count). The van der Waals surface area contributed by atoms with Gasteiger partial charge in [-0.3, -0.25) is 14.9 Å². The van der Waals surface area contributed by atoms with Crippen LogP contribution >= 0.6 is 23.4 Å². The predicted molar refractivity (Wildman–Crippen MR) is 121 cm³/mol. The van der Waals surface area contributed by atoms with Crippen LogP contribution in [0.2, 0.25) is 5.02 Å². The second-order valence-electron chi connectivity index (χ2n) is 6.30. The van der Waals surface area contributed by atoms with Crippen molar-refractivity contribution < 1.29 is 14.5 Å². The number of nitrogens with zero attached hydrogens (tertiary/aromatic N) is 1. The van der Waals surface area contributed by atoms with E-state index < -0.39 is 4.92 Å². The molecule has 0 radical (unpaired) electrons. The average molecular weight is 440 g/mol. The van der Waals surface area contributed by atoms with E-state index >= 15 is 0 Å². The van der Waals surface area contributed by atoms with Crippen LogP contribution in [0.5, 0.6) is 5.75 Å². The van der Waals surface area contributed by atoms with Crippen molar-refractivity contribution in [2.45, 2.75) is 5.75 Å². The highest BCUT2D eigenvalue weighted by atomic mass is 35.5. The van der Waals surface area contributed by atoms with Crippen LogP contribution in [0.3, 0.4) is 0 Å². The average Bonchev–Trinajstić information content (AvgIpc) is 2.77. The zero-order valence-corrected chi connectivity index (χ0v) is 17.7. The maximum atomic E-state index is 13.2. The number of allylic oxidation sites excluding steroid dienone is 1. The SMILES string of the molecule is COc1ccccc1/C=C(/SCc1ccc(Cl)cc1)C(=O)c1ccc([N+](=O)[O-])cc1. The Labute approximate surface area is 183 Å². The number of hydrogen-bond donors (Lipinski definition) is 0. The molecular formula is C23H18ClNO4S. The van der Waals surface area contributed by atoms with Gasteiger partial charge in [0.25, 0.3) is 5.69 Å². The molecular weight excluding hydrogens is 422 g/mol. The molecule has 0 spiro atoms. The summed E-state index contributed by atoms with van der Waals surface area (Å²) in [5.41, 5.74) is 2.11. The molecule has 5 nitrogen and oxygen atoms in total. The Morgan fingerprint density at radius 3 is 2.37 bits per heavy atom. The molecule has 0 amide bonds. The maximum absolute atomic E-state index is 13.2. The zero-order valence-electron chi connectivity index (χ0n) is 16.1. The van der Waals surface area contributed by atoms with Crippen LogP contribution < -0.4 is 4.74 Å². The quantitative estimate of drug-likeness (QED) is 0.175. The van der Waals surface area contributed by atoms with Crippen LogP contribution in [0, 0.1) is 10.1 Å². The lowest BCUT2D eigenvalue weighted by Crippen LogP contribution is -2.02. The Morgan fingerprint density at radius 2 is 1.73 bits per heavy atom. The lowest BCUT2D eigenvalue weighted by atomic mass is 10.1. The second-order valence-corrected chi connectivity index (χ2v) is 7.75. The molecule has 0 heterocycles. The third kappa shape index (κ3) is 5.49. The summed E-state index contributed by atoms with van der Waals surface area (Å²) in [4.78, 5) is 24.1. The molecule has 3 aromatic rings. The number of rotatable bonds is 8. The van der Waals surface area contributed by atoms with E-state index in [1.165, 1.54) is 36.0 Å². The van der Waals surface area contributed by atoms with Gasteiger partial charge in [-0.1, -0.05) is 41.9 Å². The summed E-state index contributed by atoms with van der Waals surface area (Å²) in [5.74, 6) is 1.00. The number of thioether (sulfide) groups is 1. The van der Waals surface area contributed by atoms with Crippen molar-refractivity contribution in [2.24, 2.45) is 0 Å². The Balaban J connectivity index is 1.93. The Morgan fingerprint density at radius 1 is 1.07 bits per heavy atom. The number of non-ortho nitro benzene ring substituents is 1. The van der Waals surface area contributed by atoms with E-state index in [0.29, 0.717) is 27.0 Å². The molecule has 0 N–H and O–H groups in total. The second kappa shape index (κ2) is 10.1. The van der Waals surface area contributed by atoms with E-state index in [1.54, 1.807) is 25.3 Å². The number of ether oxygens (including phenoxy) is 1. The fraction of sp³-hybridized carbons (Fsp3) is 0.0870. The Kier molecular flexibility index (Phi) is 7.27. The Hall–Kier alpha value is -3.09. The third-order valence-electron chi connectivity index (χ3n) is 4.30. The predicted octanol–water partition coefficient (Wildman–Crippen LogP) is 6.41. The number of ketones is 1. The smallest absolute Gasteiger partial charge is 0.269 e. The topological polar surface area (TPSA) is 69.4 Å². The zero-order chi connectivity index (χ0) is 21.5. The molecule has 0 aliphatic heterocycles. The summed E-state index contributed by atoms with van der Waals surface area (Å²) in [7, 11) is 1.57. The van der Waals surface area contributed by atoms with E-state index in [9.17, 15) is 14.9 Å². The number of para-hydroxylation sites is 1. The molecule has 0 saturated heterocycles. The summed E-state index contributed by atoms with van der Waals surface area (Å²) in [6.07, 6.45) is 1.78. The van der Waals surface area contributed by atoms with Crippen molar-refractivity contribution in [1.82, 2.24) is 0 Å². The minimum atomic E-state index is -0.491. The van der Waals surface area contributed by atoms with Crippen LogP contribution in [0.15, 0.2) is 77.7 Å². The van der Waals surface area contributed by atoms with E-state index in [1.807, 2.05) is 36.4 Å². The van der Waals surface area contributed by atoms with Crippen molar-refractivity contribution in [3.05, 3.63) is 110 Å².